The second kappa shape index (κ2) is 6.61. The Morgan fingerprint density at radius 3 is 2.60 bits per heavy atom. The molecule has 2 rings (SSSR count). The summed E-state index contributed by atoms with van der Waals surface area (Å²) in [7, 11) is 0. The monoisotopic (exact) mass is 372 g/mol. The molecule has 0 aliphatic rings. The Kier molecular flexibility index (Phi) is 5.08. The average Bonchev–Trinajstić information content (AvgIpc) is 2.39. The van der Waals surface area contributed by atoms with Crippen LogP contribution in [0, 0.1) is 6.92 Å². The van der Waals surface area contributed by atoms with E-state index in [1.165, 1.54) is 6.07 Å². The van der Waals surface area contributed by atoms with Crippen LogP contribution in [0.4, 0.5) is 0 Å². The van der Waals surface area contributed by atoms with E-state index in [9.17, 15) is 4.79 Å². The van der Waals surface area contributed by atoms with Crippen LogP contribution in [-0.4, -0.2) is 5.24 Å². The van der Waals surface area contributed by atoms with E-state index in [2.05, 4.69) is 15.9 Å². The highest BCUT2D eigenvalue weighted by Gasteiger charge is 2.13. The quantitative estimate of drug-likeness (QED) is 0.673. The summed E-state index contributed by atoms with van der Waals surface area (Å²) >= 11 is 14.9. The third-order valence-electron chi connectivity index (χ3n) is 2.86. The summed E-state index contributed by atoms with van der Waals surface area (Å²) in [6.45, 7) is 2.42. The van der Waals surface area contributed by atoms with E-state index < -0.39 is 5.24 Å². The molecule has 0 radical (unpaired) electrons. The first-order valence-electron chi connectivity index (χ1n) is 5.85. The third-order valence-corrected chi connectivity index (χ3v) is 3.95. The van der Waals surface area contributed by atoms with Crippen molar-refractivity contribution in [2.24, 2.45) is 0 Å². The highest BCUT2D eigenvalue weighted by molar-refractivity contribution is 9.10. The fourth-order valence-electron chi connectivity index (χ4n) is 1.73. The lowest BCUT2D eigenvalue weighted by Gasteiger charge is -2.12. The summed E-state index contributed by atoms with van der Waals surface area (Å²) in [5.74, 6) is 0.497. The van der Waals surface area contributed by atoms with Gasteiger partial charge in [-0.2, -0.15) is 0 Å². The predicted octanol–water partition coefficient (Wildman–Crippen LogP) is 5.37. The lowest BCUT2D eigenvalue weighted by atomic mass is 10.1. The van der Waals surface area contributed by atoms with Gasteiger partial charge in [0.2, 0.25) is 0 Å². The van der Waals surface area contributed by atoms with E-state index in [1.54, 1.807) is 6.07 Å². The minimum Gasteiger partial charge on any atom is -0.486 e. The van der Waals surface area contributed by atoms with Gasteiger partial charge in [-0.3, -0.25) is 4.79 Å². The maximum atomic E-state index is 11.1. The molecule has 0 fully saturated rings. The molecular formula is C15H11BrCl2O2. The van der Waals surface area contributed by atoms with Crippen LogP contribution in [0.1, 0.15) is 21.5 Å². The topological polar surface area (TPSA) is 26.3 Å². The standard InChI is InChI=1S/C15H11BrCl2O2/c1-9-4-2-3-5-10(9)8-20-14-12(16)6-11(15(18)19)7-13(14)17/h2-7H,8H2,1H3. The summed E-state index contributed by atoms with van der Waals surface area (Å²) in [4.78, 5) is 11.1. The zero-order valence-electron chi connectivity index (χ0n) is 10.6. The van der Waals surface area contributed by atoms with Gasteiger partial charge in [0, 0.05) is 5.56 Å². The van der Waals surface area contributed by atoms with Crippen molar-refractivity contribution in [1.29, 1.82) is 0 Å². The number of rotatable bonds is 4. The molecule has 0 N–H and O–H groups in total. The molecule has 104 valence electrons. The van der Waals surface area contributed by atoms with Crippen molar-refractivity contribution in [3.05, 3.63) is 62.6 Å². The van der Waals surface area contributed by atoms with Crippen molar-refractivity contribution in [3.8, 4) is 5.75 Å². The number of hydrogen-bond acceptors (Lipinski definition) is 2. The first-order valence-corrected chi connectivity index (χ1v) is 7.40. The molecule has 0 saturated heterocycles. The van der Waals surface area contributed by atoms with Crippen molar-refractivity contribution < 1.29 is 9.53 Å². The molecule has 2 aromatic carbocycles. The van der Waals surface area contributed by atoms with Crippen molar-refractivity contribution >= 4 is 44.4 Å². The highest BCUT2D eigenvalue weighted by atomic mass is 79.9. The Morgan fingerprint density at radius 1 is 1.30 bits per heavy atom. The summed E-state index contributed by atoms with van der Waals surface area (Å²) in [6, 6.07) is 11.0. The molecule has 0 aromatic heterocycles. The molecule has 20 heavy (non-hydrogen) atoms. The van der Waals surface area contributed by atoms with Crippen LogP contribution in [0.5, 0.6) is 5.75 Å². The van der Waals surface area contributed by atoms with Crippen molar-refractivity contribution in [2.75, 3.05) is 0 Å². The predicted molar refractivity (Wildman–Crippen MR) is 84.8 cm³/mol. The highest BCUT2D eigenvalue weighted by Crippen LogP contribution is 2.35. The second-order valence-corrected chi connectivity index (χ2v) is 5.86. The van der Waals surface area contributed by atoms with E-state index >= 15 is 0 Å². The van der Waals surface area contributed by atoms with Crippen molar-refractivity contribution in [3.63, 3.8) is 0 Å². The van der Waals surface area contributed by atoms with Crippen LogP contribution in [0.2, 0.25) is 5.02 Å². The second-order valence-electron chi connectivity index (χ2n) is 4.26. The van der Waals surface area contributed by atoms with Gasteiger partial charge in [0.15, 0.2) is 5.75 Å². The lowest BCUT2D eigenvalue weighted by Crippen LogP contribution is -2.00. The van der Waals surface area contributed by atoms with Gasteiger partial charge in [-0.05, 0) is 57.7 Å². The minimum atomic E-state index is -0.557. The SMILES string of the molecule is Cc1ccccc1COc1c(Cl)cc(C(=O)Cl)cc1Br. The van der Waals surface area contributed by atoms with Gasteiger partial charge in [0.25, 0.3) is 5.24 Å². The number of aryl methyl sites for hydroxylation is 1. The Balaban J connectivity index is 2.22. The number of halogens is 3. The molecule has 0 heterocycles. The molecule has 5 heteroatoms. The lowest BCUT2D eigenvalue weighted by molar-refractivity contribution is 0.108. The average molecular weight is 374 g/mol. The van der Waals surface area contributed by atoms with Crippen molar-refractivity contribution in [2.45, 2.75) is 13.5 Å². The maximum Gasteiger partial charge on any atom is 0.252 e. The van der Waals surface area contributed by atoms with E-state index in [1.807, 2.05) is 31.2 Å². The summed E-state index contributed by atoms with van der Waals surface area (Å²) in [5, 5.41) is -0.213. The van der Waals surface area contributed by atoms with E-state index in [0.717, 1.165) is 11.1 Å². The molecule has 0 saturated carbocycles. The van der Waals surface area contributed by atoms with Crippen LogP contribution in [0.15, 0.2) is 40.9 Å². The van der Waals surface area contributed by atoms with E-state index in [0.29, 0.717) is 27.4 Å². The van der Waals surface area contributed by atoms with Crippen LogP contribution in [0.25, 0.3) is 0 Å². The fourth-order valence-corrected chi connectivity index (χ4v) is 2.81. The number of hydrogen-bond donors (Lipinski definition) is 0. The van der Waals surface area contributed by atoms with Gasteiger partial charge in [-0.15, -0.1) is 0 Å². The molecule has 0 amide bonds. The number of carbonyl (C=O) groups excluding carboxylic acids is 1. The molecular weight excluding hydrogens is 363 g/mol. The number of ether oxygens (including phenoxy) is 1. The van der Waals surface area contributed by atoms with Crippen LogP contribution in [-0.2, 0) is 6.61 Å². The molecule has 0 spiro atoms. The largest absolute Gasteiger partial charge is 0.486 e. The molecule has 0 atom stereocenters. The zero-order chi connectivity index (χ0) is 14.7. The van der Waals surface area contributed by atoms with E-state index in [4.69, 9.17) is 27.9 Å². The molecule has 2 nitrogen and oxygen atoms in total. The summed E-state index contributed by atoms with van der Waals surface area (Å²) in [5.41, 5.74) is 2.55. The first kappa shape index (κ1) is 15.4. The molecule has 0 aliphatic carbocycles. The number of benzene rings is 2. The van der Waals surface area contributed by atoms with Crippen LogP contribution < -0.4 is 4.74 Å². The fraction of sp³-hybridized carbons (Fsp3) is 0.133. The van der Waals surface area contributed by atoms with Crippen molar-refractivity contribution in [1.82, 2.24) is 0 Å². The Morgan fingerprint density at radius 2 is 2.00 bits per heavy atom. The summed E-state index contributed by atoms with van der Waals surface area (Å²) in [6.07, 6.45) is 0. The van der Waals surface area contributed by atoms with Gasteiger partial charge in [-0.25, -0.2) is 0 Å². The Bertz CT molecular complexity index is 633. The molecule has 0 bridgehead atoms. The Labute approximate surface area is 135 Å². The minimum absolute atomic E-state index is 0.326. The number of carbonyl (C=O) groups is 1. The molecule has 2 aromatic rings. The van der Waals surface area contributed by atoms with Gasteiger partial charge < -0.3 is 4.74 Å². The van der Waals surface area contributed by atoms with Gasteiger partial charge in [-0.1, -0.05) is 35.9 Å². The van der Waals surface area contributed by atoms with Gasteiger partial charge >= 0.3 is 0 Å². The molecule has 0 aliphatic heterocycles. The Hall–Kier alpha value is -1.03. The van der Waals surface area contributed by atoms with E-state index in [-0.39, 0.29) is 0 Å². The third kappa shape index (κ3) is 3.54. The first-order chi connectivity index (χ1) is 9.49. The summed E-state index contributed by atoms with van der Waals surface area (Å²) < 4.78 is 6.34. The van der Waals surface area contributed by atoms with Gasteiger partial charge in [0.1, 0.15) is 6.61 Å². The molecule has 0 unspecified atom stereocenters. The smallest absolute Gasteiger partial charge is 0.252 e. The van der Waals surface area contributed by atoms with Gasteiger partial charge in [0.05, 0.1) is 9.50 Å². The van der Waals surface area contributed by atoms with Crippen LogP contribution in [0.3, 0.4) is 0 Å². The zero-order valence-corrected chi connectivity index (χ0v) is 13.7. The van der Waals surface area contributed by atoms with Crippen LogP contribution >= 0.6 is 39.1 Å². The normalized spacial score (nSPS) is 10.4. The maximum absolute atomic E-state index is 11.1.